The van der Waals surface area contributed by atoms with Crippen molar-refractivity contribution in [2.75, 3.05) is 4.72 Å². The molecule has 0 aliphatic carbocycles. The van der Waals surface area contributed by atoms with Crippen LogP contribution in [-0.2, 0) is 17.1 Å². The minimum atomic E-state index is -3.78. The molecule has 0 radical (unpaired) electrons. The number of sulfonamides is 1. The van der Waals surface area contributed by atoms with E-state index in [1.54, 1.807) is 20.9 Å². The lowest BCUT2D eigenvalue weighted by molar-refractivity contribution is 0.391. The third-order valence-electron chi connectivity index (χ3n) is 4.88. The van der Waals surface area contributed by atoms with Gasteiger partial charge in [0.1, 0.15) is 5.82 Å². The third kappa shape index (κ3) is 4.93. The van der Waals surface area contributed by atoms with Crippen LogP contribution in [-0.4, -0.2) is 28.2 Å². The van der Waals surface area contributed by atoms with Crippen molar-refractivity contribution in [2.45, 2.75) is 32.4 Å². The number of hydrogen-bond acceptors (Lipinski definition) is 6. The van der Waals surface area contributed by atoms with E-state index in [0.29, 0.717) is 17.5 Å². The van der Waals surface area contributed by atoms with E-state index in [4.69, 9.17) is 4.74 Å². The van der Waals surface area contributed by atoms with Crippen molar-refractivity contribution in [3.05, 3.63) is 64.1 Å². The Kier molecular flexibility index (Phi) is 6.58. The highest BCUT2D eigenvalue weighted by atomic mass is 32.2. The number of aryl methyl sites for hydroxylation is 2. The van der Waals surface area contributed by atoms with E-state index in [1.165, 1.54) is 42.0 Å². The fourth-order valence-corrected chi connectivity index (χ4v) is 3.76. The molecule has 0 spiro atoms. The molecule has 0 saturated heterocycles. The van der Waals surface area contributed by atoms with E-state index in [-0.39, 0.29) is 17.1 Å². The normalized spacial score (nSPS) is 12.4. The van der Waals surface area contributed by atoms with Crippen molar-refractivity contribution in [1.29, 1.82) is 0 Å². The first kappa shape index (κ1) is 23.3. The second kappa shape index (κ2) is 9.03. The van der Waals surface area contributed by atoms with Crippen molar-refractivity contribution in [3.63, 3.8) is 0 Å². The third-order valence-corrected chi connectivity index (χ3v) is 6.77. The molecule has 0 aliphatic rings. The minimum Gasteiger partial charge on any atom is -0.421 e. The first-order valence-electron chi connectivity index (χ1n) is 9.72. The minimum absolute atomic E-state index is 0.117. The Balaban J connectivity index is 2.13. The second-order valence-corrected chi connectivity index (χ2v) is 9.36. The number of nitrogens with zero attached hydrogens (tertiary/aromatic N) is 3. The zero-order valence-electron chi connectivity index (χ0n) is 17.9. The van der Waals surface area contributed by atoms with Gasteiger partial charge < -0.3 is 9.30 Å². The highest BCUT2D eigenvalue weighted by Crippen LogP contribution is 2.30. The van der Waals surface area contributed by atoms with Gasteiger partial charge in [0.05, 0.1) is 10.9 Å². The molecule has 32 heavy (non-hydrogen) atoms. The van der Waals surface area contributed by atoms with Crippen molar-refractivity contribution >= 4 is 15.8 Å². The molecule has 11 heteroatoms. The standard InChI is InChI=1S/C21H22F2N4O4S/c1-5-13(3)32(29,30)26-17-10-16(14-7-9-18(28)27(4)11-14)24-21(25-17)31-20-12(2)6-8-15(22)19(20)23/h6-11,13H,5H2,1-4H3,(H,24,25,26). The molecule has 0 amide bonds. The van der Waals surface area contributed by atoms with Gasteiger partial charge in [0, 0.05) is 30.9 Å². The molecule has 2 aromatic heterocycles. The van der Waals surface area contributed by atoms with Gasteiger partial charge >= 0.3 is 6.01 Å². The number of benzene rings is 1. The number of nitrogens with one attached hydrogen (secondary N) is 1. The summed E-state index contributed by atoms with van der Waals surface area (Å²) in [7, 11) is -2.23. The van der Waals surface area contributed by atoms with Crippen LogP contribution in [0.15, 0.2) is 41.3 Å². The first-order valence-corrected chi connectivity index (χ1v) is 11.3. The molecule has 0 bridgehead atoms. The fraction of sp³-hybridized carbons (Fsp3) is 0.286. The molecule has 3 rings (SSSR count). The van der Waals surface area contributed by atoms with Gasteiger partial charge in [-0.15, -0.1) is 0 Å². The number of hydrogen-bond donors (Lipinski definition) is 1. The Morgan fingerprint density at radius 1 is 1.19 bits per heavy atom. The molecule has 1 aromatic carbocycles. The Morgan fingerprint density at radius 2 is 1.91 bits per heavy atom. The molecule has 3 aromatic rings. The van der Waals surface area contributed by atoms with Crippen LogP contribution in [0.5, 0.6) is 11.8 Å². The van der Waals surface area contributed by atoms with Gasteiger partial charge in [-0.2, -0.15) is 14.4 Å². The van der Waals surface area contributed by atoms with Gasteiger partial charge in [-0.25, -0.2) is 12.8 Å². The van der Waals surface area contributed by atoms with Gasteiger partial charge in [-0.3, -0.25) is 9.52 Å². The van der Waals surface area contributed by atoms with Crippen LogP contribution in [0.2, 0.25) is 0 Å². The van der Waals surface area contributed by atoms with Crippen molar-refractivity contribution in [2.24, 2.45) is 7.05 Å². The van der Waals surface area contributed by atoms with Crippen molar-refractivity contribution in [1.82, 2.24) is 14.5 Å². The van der Waals surface area contributed by atoms with Crippen molar-refractivity contribution in [3.8, 4) is 23.0 Å². The molecule has 8 nitrogen and oxygen atoms in total. The zero-order chi connectivity index (χ0) is 23.6. The molecule has 2 heterocycles. The lowest BCUT2D eigenvalue weighted by Gasteiger charge is -2.15. The molecule has 1 atom stereocenters. The summed E-state index contributed by atoms with van der Waals surface area (Å²) in [6.45, 7) is 4.78. The topological polar surface area (TPSA) is 103 Å². The summed E-state index contributed by atoms with van der Waals surface area (Å²) in [5.74, 6) is -2.87. The highest BCUT2D eigenvalue weighted by Gasteiger charge is 2.22. The maximum Gasteiger partial charge on any atom is 0.324 e. The van der Waals surface area contributed by atoms with Gasteiger partial charge in [0.15, 0.2) is 11.6 Å². The largest absolute Gasteiger partial charge is 0.421 e. The summed E-state index contributed by atoms with van der Waals surface area (Å²) in [5.41, 5.74) is 0.706. The maximum atomic E-state index is 14.3. The number of halogens is 2. The van der Waals surface area contributed by atoms with Crippen LogP contribution >= 0.6 is 0 Å². The molecular formula is C21H22F2N4O4S. The second-order valence-electron chi connectivity index (χ2n) is 7.26. The van der Waals surface area contributed by atoms with E-state index in [2.05, 4.69) is 14.7 Å². The Hall–Kier alpha value is -3.34. The zero-order valence-corrected chi connectivity index (χ0v) is 18.7. The molecule has 170 valence electrons. The van der Waals surface area contributed by atoms with Gasteiger partial charge in [0.2, 0.25) is 21.4 Å². The number of pyridine rings is 1. The Labute approximate surface area is 184 Å². The average Bonchev–Trinajstić information content (AvgIpc) is 2.74. The average molecular weight is 464 g/mol. The Bertz CT molecular complexity index is 1330. The monoisotopic (exact) mass is 464 g/mol. The molecule has 1 N–H and O–H groups in total. The Morgan fingerprint density at radius 3 is 2.56 bits per heavy atom. The summed E-state index contributed by atoms with van der Waals surface area (Å²) in [6.07, 6.45) is 1.86. The highest BCUT2D eigenvalue weighted by molar-refractivity contribution is 7.93. The number of aromatic nitrogens is 3. The lowest BCUT2D eigenvalue weighted by Crippen LogP contribution is -2.25. The van der Waals surface area contributed by atoms with Gasteiger partial charge in [0.25, 0.3) is 0 Å². The first-order chi connectivity index (χ1) is 15.0. The van der Waals surface area contributed by atoms with Gasteiger partial charge in [-0.05, 0) is 38.0 Å². The smallest absolute Gasteiger partial charge is 0.324 e. The summed E-state index contributed by atoms with van der Waals surface area (Å²) in [6, 6.07) is 6.07. The summed E-state index contributed by atoms with van der Waals surface area (Å²) < 4.78 is 62.2. The molecule has 0 aliphatic heterocycles. The van der Waals surface area contributed by atoms with Gasteiger partial charge in [-0.1, -0.05) is 13.0 Å². The quantitative estimate of drug-likeness (QED) is 0.571. The SMILES string of the molecule is CCC(C)S(=O)(=O)Nc1cc(-c2ccc(=O)n(C)c2)nc(Oc2c(C)ccc(F)c2F)n1. The number of anilines is 1. The summed E-state index contributed by atoms with van der Waals surface area (Å²) in [4.78, 5) is 19.9. The van der Waals surface area contributed by atoms with Crippen LogP contribution < -0.4 is 15.0 Å². The number of ether oxygens (including phenoxy) is 1. The van der Waals surface area contributed by atoms with E-state index < -0.39 is 38.7 Å². The van der Waals surface area contributed by atoms with Crippen LogP contribution in [0, 0.1) is 18.6 Å². The predicted octanol–water partition coefficient (Wildman–Crippen LogP) is 3.76. The summed E-state index contributed by atoms with van der Waals surface area (Å²) >= 11 is 0. The van der Waals surface area contributed by atoms with E-state index in [9.17, 15) is 22.0 Å². The molecule has 1 unspecified atom stereocenters. The molecular weight excluding hydrogens is 442 g/mol. The van der Waals surface area contributed by atoms with E-state index >= 15 is 0 Å². The maximum absolute atomic E-state index is 14.3. The van der Waals surface area contributed by atoms with Crippen molar-refractivity contribution < 1.29 is 21.9 Å². The van der Waals surface area contributed by atoms with Crippen LogP contribution in [0.1, 0.15) is 25.8 Å². The lowest BCUT2D eigenvalue weighted by atomic mass is 10.2. The fourth-order valence-electron chi connectivity index (χ4n) is 2.73. The predicted molar refractivity (Wildman–Crippen MR) is 116 cm³/mol. The van der Waals surface area contributed by atoms with Crippen LogP contribution in [0.25, 0.3) is 11.3 Å². The summed E-state index contributed by atoms with van der Waals surface area (Å²) in [5, 5.41) is -0.703. The van der Waals surface area contributed by atoms with E-state index in [1.807, 2.05) is 0 Å². The van der Waals surface area contributed by atoms with Crippen LogP contribution in [0.4, 0.5) is 14.6 Å². The number of rotatable bonds is 7. The van der Waals surface area contributed by atoms with E-state index in [0.717, 1.165) is 6.07 Å². The van der Waals surface area contributed by atoms with Crippen LogP contribution in [0.3, 0.4) is 0 Å². The molecule has 0 fully saturated rings. The molecule has 0 saturated carbocycles.